The smallest absolute Gasteiger partial charge is 0.0743 e. The SMILES string of the molecule is CC1C([Si](C)(C)C)=C(Cl)C(C)(C)C1C. The van der Waals surface area contributed by atoms with Crippen molar-refractivity contribution in [1.82, 2.24) is 0 Å². The third kappa shape index (κ3) is 1.69. The van der Waals surface area contributed by atoms with Crippen LogP contribution in [0.4, 0.5) is 0 Å². The second-order valence-corrected chi connectivity index (χ2v) is 11.7. The highest BCUT2D eigenvalue weighted by atomic mass is 35.5. The molecule has 0 bridgehead atoms. The Labute approximate surface area is 94.7 Å². The van der Waals surface area contributed by atoms with E-state index in [2.05, 4.69) is 47.3 Å². The Morgan fingerprint density at radius 3 is 1.71 bits per heavy atom. The van der Waals surface area contributed by atoms with Gasteiger partial charge < -0.3 is 0 Å². The molecular formula is C12H23ClSi. The highest BCUT2D eigenvalue weighted by Gasteiger charge is 2.46. The molecule has 0 aromatic carbocycles. The lowest BCUT2D eigenvalue weighted by Gasteiger charge is -2.27. The minimum atomic E-state index is -1.23. The summed E-state index contributed by atoms with van der Waals surface area (Å²) in [6, 6.07) is 0. The first kappa shape index (κ1) is 12.3. The van der Waals surface area contributed by atoms with Gasteiger partial charge in [0.25, 0.3) is 0 Å². The van der Waals surface area contributed by atoms with E-state index < -0.39 is 8.07 Å². The monoisotopic (exact) mass is 230 g/mol. The van der Waals surface area contributed by atoms with Crippen molar-refractivity contribution in [2.24, 2.45) is 17.3 Å². The summed E-state index contributed by atoms with van der Waals surface area (Å²) < 4.78 is 0. The maximum Gasteiger partial charge on any atom is 0.0743 e. The molecule has 0 saturated carbocycles. The second kappa shape index (κ2) is 3.38. The maximum atomic E-state index is 6.56. The van der Waals surface area contributed by atoms with Crippen LogP contribution >= 0.6 is 11.6 Å². The van der Waals surface area contributed by atoms with E-state index in [4.69, 9.17) is 11.6 Å². The molecule has 2 unspecified atom stereocenters. The zero-order chi connectivity index (χ0) is 11.3. The summed E-state index contributed by atoms with van der Waals surface area (Å²) in [5.41, 5.74) is 0.191. The molecular weight excluding hydrogens is 208 g/mol. The van der Waals surface area contributed by atoms with Crippen LogP contribution in [0, 0.1) is 17.3 Å². The summed E-state index contributed by atoms with van der Waals surface area (Å²) in [7, 11) is -1.23. The average Bonchev–Trinajstić information content (AvgIpc) is 2.12. The lowest BCUT2D eigenvalue weighted by atomic mass is 9.80. The normalized spacial score (nSPS) is 32.6. The van der Waals surface area contributed by atoms with Crippen molar-refractivity contribution in [1.29, 1.82) is 0 Å². The zero-order valence-corrected chi connectivity index (χ0v) is 12.3. The van der Waals surface area contributed by atoms with Crippen LogP contribution in [0.5, 0.6) is 0 Å². The second-order valence-electron chi connectivity index (χ2n) is 6.28. The van der Waals surface area contributed by atoms with Gasteiger partial charge in [-0.05, 0) is 11.8 Å². The van der Waals surface area contributed by atoms with Crippen molar-refractivity contribution in [3.63, 3.8) is 0 Å². The number of halogens is 1. The van der Waals surface area contributed by atoms with E-state index in [1.807, 2.05) is 0 Å². The third-order valence-electron chi connectivity index (χ3n) is 3.95. The van der Waals surface area contributed by atoms with Gasteiger partial charge in [-0.1, -0.05) is 64.1 Å². The van der Waals surface area contributed by atoms with Crippen LogP contribution in [0.25, 0.3) is 0 Å². The average molecular weight is 231 g/mol. The highest BCUT2D eigenvalue weighted by molar-refractivity contribution is 6.84. The molecule has 1 rings (SSSR count). The van der Waals surface area contributed by atoms with E-state index in [1.165, 1.54) is 0 Å². The topological polar surface area (TPSA) is 0 Å². The molecule has 82 valence electrons. The molecule has 2 atom stereocenters. The molecule has 0 fully saturated rings. The summed E-state index contributed by atoms with van der Waals surface area (Å²) in [6.07, 6.45) is 0. The Morgan fingerprint density at radius 1 is 1.14 bits per heavy atom. The Kier molecular flexibility index (Phi) is 2.97. The van der Waals surface area contributed by atoms with Gasteiger partial charge in [0.05, 0.1) is 8.07 Å². The van der Waals surface area contributed by atoms with Crippen molar-refractivity contribution < 1.29 is 0 Å². The largest absolute Gasteiger partial charge is 0.0890 e. The third-order valence-corrected chi connectivity index (χ3v) is 7.12. The van der Waals surface area contributed by atoms with Crippen LogP contribution in [0.15, 0.2) is 10.2 Å². The van der Waals surface area contributed by atoms with Crippen LogP contribution in [0.3, 0.4) is 0 Å². The predicted molar refractivity (Wildman–Crippen MR) is 68.3 cm³/mol. The Balaban J connectivity index is 3.24. The summed E-state index contributed by atoms with van der Waals surface area (Å²) >= 11 is 6.56. The van der Waals surface area contributed by atoms with Gasteiger partial charge in [0, 0.05) is 10.4 Å². The van der Waals surface area contributed by atoms with Crippen molar-refractivity contribution >= 4 is 19.7 Å². The fraction of sp³-hybridized carbons (Fsp3) is 0.833. The van der Waals surface area contributed by atoms with Gasteiger partial charge in [0.2, 0.25) is 0 Å². The van der Waals surface area contributed by atoms with Gasteiger partial charge in [0.1, 0.15) is 0 Å². The van der Waals surface area contributed by atoms with E-state index in [9.17, 15) is 0 Å². The Hall–Kier alpha value is 0.247. The number of hydrogen-bond acceptors (Lipinski definition) is 0. The molecule has 1 aliphatic carbocycles. The van der Waals surface area contributed by atoms with Crippen LogP contribution in [0.1, 0.15) is 27.7 Å². The molecule has 0 saturated heterocycles. The molecule has 0 radical (unpaired) electrons. The Bertz CT molecular complexity index is 271. The van der Waals surface area contributed by atoms with Crippen LogP contribution in [-0.2, 0) is 0 Å². The predicted octanol–water partition coefficient (Wildman–Crippen LogP) is 4.67. The van der Waals surface area contributed by atoms with Gasteiger partial charge in [-0.3, -0.25) is 0 Å². The fourth-order valence-electron chi connectivity index (χ4n) is 2.63. The fourth-order valence-corrected chi connectivity index (χ4v) is 6.43. The molecule has 0 aromatic rings. The van der Waals surface area contributed by atoms with Gasteiger partial charge in [-0.2, -0.15) is 0 Å². The van der Waals surface area contributed by atoms with Crippen molar-refractivity contribution in [3.8, 4) is 0 Å². The van der Waals surface area contributed by atoms with Crippen LogP contribution in [-0.4, -0.2) is 8.07 Å². The van der Waals surface area contributed by atoms with Crippen molar-refractivity contribution in [2.45, 2.75) is 47.3 Å². The van der Waals surface area contributed by atoms with E-state index in [-0.39, 0.29) is 5.41 Å². The van der Waals surface area contributed by atoms with Gasteiger partial charge in [-0.25, -0.2) is 0 Å². The Morgan fingerprint density at radius 2 is 1.57 bits per heavy atom. The van der Waals surface area contributed by atoms with Crippen LogP contribution in [0.2, 0.25) is 19.6 Å². The minimum absolute atomic E-state index is 0.191. The van der Waals surface area contributed by atoms with Crippen molar-refractivity contribution in [3.05, 3.63) is 10.2 Å². The molecule has 1 aliphatic rings. The van der Waals surface area contributed by atoms with Crippen LogP contribution < -0.4 is 0 Å². The van der Waals surface area contributed by atoms with E-state index in [0.717, 1.165) is 5.03 Å². The molecule has 0 heterocycles. The van der Waals surface area contributed by atoms with Gasteiger partial charge >= 0.3 is 0 Å². The molecule has 14 heavy (non-hydrogen) atoms. The van der Waals surface area contributed by atoms with E-state index in [1.54, 1.807) is 5.20 Å². The standard InChI is InChI=1S/C12H23ClSi/c1-8-9(2)12(3,4)11(13)10(8)14(5,6)7/h8-9H,1-7H3. The summed E-state index contributed by atoms with van der Waals surface area (Å²) in [5, 5.41) is 2.76. The van der Waals surface area contributed by atoms with E-state index in [0.29, 0.717) is 11.8 Å². The quantitative estimate of drug-likeness (QED) is 0.575. The lowest BCUT2D eigenvalue weighted by molar-refractivity contribution is 0.277. The molecule has 2 heteroatoms. The molecule has 0 N–H and O–H groups in total. The highest BCUT2D eigenvalue weighted by Crippen LogP contribution is 2.54. The summed E-state index contributed by atoms with van der Waals surface area (Å²) in [4.78, 5) is 0. The summed E-state index contributed by atoms with van der Waals surface area (Å²) in [5.74, 6) is 1.35. The molecule has 0 spiro atoms. The molecule has 0 amide bonds. The van der Waals surface area contributed by atoms with Gasteiger partial charge in [-0.15, -0.1) is 0 Å². The van der Waals surface area contributed by atoms with Gasteiger partial charge in [0.15, 0.2) is 0 Å². The maximum absolute atomic E-state index is 6.56. The number of allylic oxidation sites excluding steroid dienone is 2. The number of hydrogen-bond donors (Lipinski definition) is 0. The molecule has 0 aromatic heterocycles. The van der Waals surface area contributed by atoms with E-state index >= 15 is 0 Å². The first-order valence-corrected chi connectivity index (χ1v) is 9.38. The first-order valence-electron chi connectivity index (χ1n) is 5.50. The number of rotatable bonds is 1. The lowest BCUT2D eigenvalue weighted by Crippen LogP contribution is -2.28. The molecule has 0 aliphatic heterocycles. The first-order chi connectivity index (χ1) is 6.10. The molecule has 0 nitrogen and oxygen atoms in total. The minimum Gasteiger partial charge on any atom is -0.0890 e. The zero-order valence-electron chi connectivity index (χ0n) is 10.5. The van der Waals surface area contributed by atoms with Crippen molar-refractivity contribution in [2.75, 3.05) is 0 Å². The summed E-state index contributed by atoms with van der Waals surface area (Å²) in [6.45, 7) is 16.4.